The van der Waals surface area contributed by atoms with Crippen LogP contribution < -0.4 is 4.57 Å². The molecule has 112 valence electrons. The Hall–Kier alpha value is -1.84. The monoisotopic (exact) mass is 285 g/mol. The Kier molecular flexibility index (Phi) is 4.08. The van der Waals surface area contributed by atoms with Crippen LogP contribution >= 0.6 is 0 Å². The number of aryl methyl sites for hydroxylation is 1. The Morgan fingerprint density at radius 1 is 1.05 bits per heavy atom. The topological polar surface area (TPSA) is 42.5 Å². The van der Waals surface area contributed by atoms with Gasteiger partial charge in [-0.3, -0.25) is 9.97 Å². The van der Waals surface area contributed by atoms with Crippen molar-refractivity contribution in [3.63, 3.8) is 0 Å². The van der Waals surface area contributed by atoms with Crippen LogP contribution in [0.3, 0.4) is 0 Å². The summed E-state index contributed by atoms with van der Waals surface area (Å²) in [5.74, 6) is 0. The molecule has 4 nitrogen and oxygen atoms in total. The van der Waals surface area contributed by atoms with Crippen LogP contribution in [0.2, 0.25) is 0 Å². The van der Waals surface area contributed by atoms with Gasteiger partial charge in [-0.15, -0.1) is 0 Å². The fraction of sp³-hybridized carbons (Fsp3) is 0.529. The SMILES string of the molecule is Cc1cncc(C(C)(C)C[n+]2ccc(C(C)(C)C)nc2)n1. The summed E-state index contributed by atoms with van der Waals surface area (Å²) in [6.07, 6.45) is 7.64. The quantitative estimate of drug-likeness (QED) is 0.814. The van der Waals surface area contributed by atoms with E-state index in [1.807, 2.05) is 19.4 Å². The number of hydrogen-bond donors (Lipinski definition) is 0. The Bertz CT molecular complexity index is 609. The van der Waals surface area contributed by atoms with Gasteiger partial charge in [0.05, 0.1) is 17.6 Å². The molecule has 21 heavy (non-hydrogen) atoms. The second-order valence-electron chi connectivity index (χ2n) is 7.30. The van der Waals surface area contributed by atoms with Crippen LogP contribution in [-0.2, 0) is 17.4 Å². The summed E-state index contributed by atoms with van der Waals surface area (Å²) in [4.78, 5) is 13.4. The van der Waals surface area contributed by atoms with Crippen LogP contribution in [0.1, 0.15) is 51.7 Å². The minimum atomic E-state index is -0.0887. The zero-order valence-electron chi connectivity index (χ0n) is 13.9. The first-order chi connectivity index (χ1) is 9.68. The van der Waals surface area contributed by atoms with Gasteiger partial charge >= 0.3 is 0 Å². The third-order valence-electron chi connectivity index (χ3n) is 3.56. The van der Waals surface area contributed by atoms with Gasteiger partial charge in [-0.1, -0.05) is 39.6 Å². The summed E-state index contributed by atoms with van der Waals surface area (Å²) in [6.45, 7) is 13.7. The molecule has 0 aliphatic rings. The molecule has 0 N–H and O–H groups in total. The van der Waals surface area contributed by atoms with Crippen LogP contribution in [0.4, 0.5) is 0 Å². The van der Waals surface area contributed by atoms with Crippen molar-refractivity contribution in [2.75, 3.05) is 0 Å². The van der Waals surface area contributed by atoms with Gasteiger partial charge in [-0.25, -0.2) is 4.57 Å². The highest BCUT2D eigenvalue weighted by Gasteiger charge is 2.27. The number of nitrogens with zero attached hydrogens (tertiary/aromatic N) is 4. The van der Waals surface area contributed by atoms with E-state index in [1.165, 1.54) is 0 Å². The zero-order chi connectivity index (χ0) is 15.7. The maximum atomic E-state index is 4.60. The number of hydrogen-bond acceptors (Lipinski definition) is 3. The van der Waals surface area contributed by atoms with E-state index in [2.05, 4.69) is 66.4 Å². The Morgan fingerprint density at radius 2 is 1.76 bits per heavy atom. The molecule has 2 aromatic rings. The molecule has 0 fully saturated rings. The predicted octanol–water partition coefficient (Wildman–Crippen LogP) is 2.74. The van der Waals surface area contributed by atoms with Crippen LogP contribution in [0.25, 0.3) is 0 Å². The van der Waals surface area contributed by atoms with E-state index in [0.717, 1.165) is 23.6 Å². The number of rotatable bonds is 3. The Balaban J connectivity index is 2.20. The Morgan fingerprint density at radius 3 is 2.29 bits per heavy atom. The highest BCUT2D eigenvalue weighted by atomic mass is 15.0. The molecule has 0 unspecified atom stereocenters. The summed E-state index contributed by atoms with van der Waals surface area (Å²) in [5, 5.41) is 0. The van der Waals surface area contributed by atoms with Gasteiger partial charge in [0.25, 0.3) is 6.33 Å². The molecule has 0 spiro atoms. The van der Waals surface area contributed by atoms with Crippen LogP contribution in [-0.4, -0.2) is 15.0 Å². The van der Waals surface area contributed by atoms with Crippen molar-refractivity contribution in [2.45, 2.75) is 58.9 Å². The largest absolute Gasteiger partial charge is 0.286 e. The highest BCUT2D eigenvalue weighted by Crippen LogP contribution is 2.21. The van der Waals surface area contributed by atoms with Crippen molar-refractivity contribution in [3.05, 3.63) is 48.1 Å². The first kappa shape index (κ1) is 15.5. The molecule has 0 saturated carbocycles. The van der Waals surface area contributed by atoms with Crippen molar-refractivity contribution in [1.82, 2.24) is 15.0 Å². The summed E-state index contributed by atoms with van der Waals surface area (Å²) in [6, 6.07) is 2.10. The lowest BCUT2D eigenvalue weighted by Crippen LogP contribution is -2.44. The molecule has 2 heterocycles. The highest BCUT2D eigenvalue weighted by molar-refractivity contribution is 5.12. The second-order valence-corrected chi connectivity index (χ2v) is 7.30. The summed E-state index contributed by atoms with van der Waals surface area (Å²) in [7, 11) is 0. The maximum absolute atomic E-state index is 4.60. The predicted molar refractivity (Wildman–Crippen MR) is 82.9 cm³/mol. The smallest absolute Gasteiger partial charge is 0.261 e. The van der Waals surface area contributed by atoms with Crippen molar-refractivity contribution in [1.29, 1.82) is 0 Å². The average Bonchev–Trinajstić information content (AvgIpc) is 2.38. The first-order valence-electron chi connectivity index (χ1n) is 7.33. The fourth-order valence-electron chi connectivity index (χ4n) is 2.25. The van der Waals surface area contributed by atoms with Crippen molar-refractivity contribution in [3.8, 4) is 0 Å². The molecule has 2 rings (SSSR count). The molecule has 0 amide bonds. The van der Waals surface area contributed by atoms with Crippen LogP contribution in [0.5, 0.6) is 0 Å². The van der Waals surface area contributed by atoms with E-state index in [9.17, 15) is 0 Å². The van der Waals surface area contributed by atoms with Gasteiger partial charge in [0.1, 0.15) is 6.54 Å². The van der Waals surface area contributed by atoms with E-state index < -0.39 is 0 Å². The average molecular weight is 285 g/mol. The summed E-state index contributed by atoms with van der Waals surface area (Å²) in [5.41, 5.74) is 3.05. The molecule has 4 heteroatoms. The minimum Gasteiger partial charge on any atom is -0.261 e. The van der Waals surface area contributed by atoms with Crippen molar-refractivity contribution in [2.24, 2.45) is 0 Å². The molecular weight excluding hydrogens is 260 g/mol. The van der Waals surface area contributed by atoms with Gasteiger partial charge < -0.3 is 0 Å². The molecule has 0 radical (unpaired) electrons. The lowest BCUT2D eigenvalue weighted by atomic mass is 9.89. The first-order valence-corrected chi connectivity index (χ1v) is 7.33. The van der Waals surface area contributed by atoms with Gasteiger partial charge in [-0.05, 0) is 6.92 Å². The second kappa shape index (κ2) is 5.51. The lowest BCUT2D eigenvalue weighted by molar-refractivity contribution is -0.707. The molecule has 2 aromatic heterocycles. The lowest BCUT2D eigenvalue weighted by Gasteiger charge is -2.22. The van der Waals surface area contributed by atoms with E-state index >= 15 is 0 Å². The zero-order valence-corrected chi connectivity index (χ0v) is 13.9. The molecule has 0 atom stereocenters. The maximum Gasteiger partial charge on any atom is 0.286 e. The van der Waals surface area contributed by atoms with E-state index in [1.54, 1.807) is 6.20 Å². The van der Waals surface area contributed by atoms with E-state index in [-0.39, 0.29) is 10.8 Å². The van der Waals surface area contributed by atoms with Gasteiger partial charge in [-0.2, -0.15) is 0 Å². The molecular formula is C17H25N4+. The van der Waals surface area contributed by atoms with Crippen molar-refractivity contribution >= 4 is 0 Å². The normalized spacial score (nSPS) is 12.5. The minimum absolute atomic E-state index is 0.0800. The summed E-state index contributed by atoms with van der Waals surface area (Å²) >= 11 is 0. The Labute approximate surface area is 127 Å². The molecule has 0 aliphatic carbocycles. The molecule has 0 bridgehead atoms. The van der Waals surface area contributed by atoms with Crippen LogP contribution in [0, 0.1) is 6.92 Å². The summed E-state index contributed by atoms with van der Waals surface area (Å²) < 4.78 is 2.11. The van der Waals surface area contributed by atoms with Crippen LogP contribution in [0.15, 0.2) is 31.0 Å². The van der Waals surface area contributed by atoms with Gasteiger partial charge in [0.15, 0.2) is 5.69 Å². The number of aromatic nitrogens is 4. The third-order valence-corrected chi connectivity index (χ3v) is 3.56. The standard InChI is InChI=1S/C17H25N4/c1-13-9-18-10-15(20-13)17(5,6)11-21-8-7-14(19-12-21)16(2,3)4/h7-10,12H,11H2,1-6H3/q+1. The molecule has 0 aromatic carbocycles. The molecule has 0 saturated heterocycles. The third kappa shape index (κ3) is 3.84. The van der Waals surface area contributed by atoms with Gasteiger partial charge in [0, 0.05) is 29.3 Å². The van der Waals surface area contributed by atoms with Gasteiger partial charge in [0.2, 0.25) is 0 Å². The van der Waals surface area contributed by atoms with Crippen molar-refractivity contribution < 1.29 is 4.57 Å². The van der Waals surface area contributed by atoms with E-state index in [4.69, 9.17) is 0 Å². The fourth-order valence-corrected chi connectivity index (χ4v) is 2.25. The van der Waals surface area contributed by atoms with E-state index in [0.29, 0.717) is 0 Å². The molecule has 0 aliphatic heterocycles.